The molecule has 2 aromatic rings. The summed E-state index contributed by atoms with van der Waals surface area (Å²) in [6.45, 7) is 1.52. The van der Waals surface area contributed by atoms with E-state index < -0.39 is 23.5 Å². The Kier molecular flexibility index (Phi) is 6.94. The minimum absolute atomic E-state index is 0.0861. The topological polar surface area (TPSA) is 32.3 Å². The molecule has 1 saturated carbocycles. The predicted molar refractivity (Wildman–Crippen MR) is 115 cm³/mol. The zero-order valence-corrected chi connectivity index (χ0v) is 18.4. The maximum atomic E-state index is 13.0. The van der Waals surface area contributed by atoms with Gasteiger partial charge >= 0.3 is 12.4 Å². The van der Waals surface area contributed by atoms with Gasteiger partial charge in [-0.2, -0.15) is 26.3 Å². The van der Waals surface area contributed by atoms with Gasteiger partial charge in [0.25, 0.3) is 0 Å². The van der Waals surface area contributed by atoms with Crippen LogP contribution in [0.25, 0.3) is 0 Å². The van der Waals surface area contributed by atoms with Gasteiger partial charge in [0.2, 0.25) is 5.91 Å². The summed E-state index contributed by atoms with van der Waals surface area (Å²) in [6.07, 6.45) is -6.41. The fourth-order valence-corrected chi connectivity index (χ4v) is 4.88. The molecule has 0 aromatic heterocycles. The third-order valence-electron chi connectivity index (χ3n) is 6.92. The molecule has 2 aromatic carbocycles. The minimum atomic E-state index is -4.91. The summed E-state index contributed by atoms with van der Waals surface area (Å²) in [5.41, 5.74) is -1.64. The van der Waals surface area contributed by atoms with Crippen molar-refractivity contribution in [2.24, 2.45) is 5.92 Å². The van der Waals surface area contributed by atoms with E-state index in [-0.39, 0.29) is 36.0 Å². The van der Waals surface area contributed by atoms with Gasteiger partial charge in [-0.15, -0.1) is 0 Å². The number of nitrogens with one attached hydrogen (secondary N) is 1. The number of amides is 1. The fourth-order valence-electron chi connectivity index (χ4n) is 4.88. The summed E-state index contributed by atoms with van der Waals surface area (Å²) < 4.78 is 78.0. The smallest absolute Gasteiger partial charge is 0.352 e. The minimum Gasteiger partial charge on any atom is -0.352 e. The van der Waals surface area contributed by atoms with Crippen molar-refractivity contribution in [1.29, 1.82) is 0 Å². The average molecular weight is 484 g/mol. The van der Waals surface area contributed by atoms with E-state index in [0.717, 1.165) is 25.9 Å². The van der Waals surface area contributed by atoms with Crippen LogP contribution >= 0.6 is 0 Å². The van der Waals surface area contributed by atoms with E-state index in [1.54, 1.807) is 0 Å². The Labute approximate surface area is 194 Å². The average Bonchev–Trinajstić information content (AvgIpc) is 2.76. The van der Waals surface area contributed by atoms with Gasteiger partial charge in [-0.25, -0.2) is 0 Å². The summed E-state index contributed by atoms with van der Waals surface area (Å²) >= 11 is 0. The summed E-state index contributed by atoms with van der Waals surface area (Å²) in [5.74, 6) is -0.0724. The van der Waals surface area contributed by atoms with Gasteiger partial charge < -0.3 is 10.2 Å². The molecular weight excluding hydrogens is 458 g/mol. The van der Waals surface area contributed by atoms with E-state index in [1.807, 2.05) is 18.2 Å². The number of benzene rings is 2. The van der Waals surface area contributed by atoms with Crippen molar-refractivity contribution in [2.75, 3.05) is 13.1 Å². The van der Waals surface area contributed by atoms with Crippen LogP contribution in [0.5, 0.6) is 0 Å². The lowest BCUT2D eigenvalue weighted by Gasteiger charge is -2.45. The molecule has 0 radical (unpaired) electrons. The quantitative estimate of drug-likeness (QED) is 0.528. The van der Waals surface area contributed by atoms with Gasteiger partial charge in [-0.1, -0.05) is 30.3 Å². The molecule has 1 saturated heterocycles. The largest absolute Gasteiger partial charge is 0.416 e. The van der Waals surface area contributed by atoms with Crippen LogP contribution < -0.4 is 5.32 Å². The van der Waals surface area contributed by atoms with E-state index in [0.29, 0.717) is 30.9 Å². The molecule has 1 aliphatic heterocycles. The van der Waals surface area contributed by atoms with Crippen molar-refractivity contribution >= 4 is 5.91 Å². The molecule has 184 valence electrons. The van der Waals surface area contributed by atoms with Gasteiger partial charge in [0.15, 0.2) is 0 Å². The van der Waals surface area contributed by atoms with Crippen LogP contribution in [0.2, 0.25) is 0 Å². The lowest BCUT2D eigenvalue weighted by molar-refractivity contribution is -0.143. The van der Waals surface area contributed by atoms with Gasteiger partial charge in [0.05, 0.1) is 11.1 Å². The number of hydrogen-bond donors (Lipinski definition) is 1. The molecule has 34 heavy (non-hydrogen) atoms. The molecule has 1 amide bonds. The van der Waals surface area contributed by atoms with Crippen molar-refractivity contribution in [3.8, 4) is 0 Å². The number of carbonyl (C=O) groups excluding carboxylic acids is 1. The molecule has 0 atom stereocenters. The molecule has 2 aliphatic rings. The van der Waals surface area contributed by atoms with E-state index in [4.69, 9.17) is 0 Å². The van der Waals surface area contributed by atoms with Crippen LogP contribution in [0, 0.1) is 5.92 Å². The van der Waals surface area contributed by atoms with Crippen molar-refractivity contribution in [1.82, 2.24) is 10.2 Å². The Hall–Kier alpha value is -2.55. The summed E-state index contributed by atoms with van der Waals surface area (Å²) in [5, 5.41) is 2.52. The molecular formula is C25H26F6N2O. The number of rotatable bonds is 5. The van der Waals surface area contributed by atoms with Crippen LogP contribution in [0.3, 0.4) is 0 Å². The first-order valence-electron chi connectivity index (χ1n) is 11.4. The normalized spacial score (nSPS) is 22.3. The number of nitrogens with zero attached hydrogens (tertiary/aromatic N) is 1. The van der Waals surface area contributed by atoms with Gasteiger partial charge in [-0.05, 0) is 74.0 Å². The summed E-state index contributed by atoms with van der Waals surface area (Å²) in [4.78, 5) is 14.8. The molecule has 1 aliphatic carbocycles. The van der Waals surface area contributed by atoms with Crippen LogP contribution in [0.1, 0.15) is 53.9 Å². The number of alkyl halides is 6. The number of likely N-dealkylation sites (tertiary alicyclic amines) is 1. The second-order valence-electron chi connectivity index (χ2n) is 9.18. The van der Waals surface area contributed by atoms with E-state index >= 15 is 0 Å². The number of halogens is 6. The Morgan fingerprint density at radius 3 is 1.97 bits per heavy atom. The van der Waals surface area contributed by atoms with Crippen molar-refractivity contribution in [3.63, 3.8) is 0 Å². The Balaban J connectivity index is 1.27. The zero-order valence-electron chi connectivity index (χ0n) is 18.4. The highest BCUT2D eigenvalue weighted by atomic mass is 19.4. The predicted octanol–water partition coefficient (Wildman–Crippen LogP) is 6.00. The van der Waals surface area contributed by atoms with Gasteiger partial charge in [-0.3, -0.25) is 4.79 Å². The SMILES string of the molecule is O=C(NCc1cc(C(F)(F)F)cc(C(F)(F)F)c1)C1CC(N2CCC(c3ccccc3)CC2)C1. The molecule has 0 bridgehead atoms. The highest BCUT2D eigenvalue weighted by Gasteiger charge is 2.40. The molecule has 2 fully saturated rings. The third kappa shape index (κ3) is 5.74. The molecule has 1 heterocycles. The van der Waals surface area contributed by atoms with E-state index in [2.05, 4.69) is 22.3 Å². The maximum absolute atomic E-state index is 13.0. The lowest BCUT2D eigenvalue weighted by atomic mass is 9.77. The highest BCUT2D eigenvalue weighted by molar-refractivity contribution is 5.79. The first kappa shape index (κ1) is 24.6. The fraction of sp³-hybridized carbons (Fsp3) is 0.480. The van der Waals surface area contributed by atoms with Crippen LogP contribution in [-0.4, -0.2) is 29.9 Å². The Morgan fingerprint density at radius 2 is 1.44 bits per heavy atom. The van der Waals surface area contributed by atoms with Crippen LogP contribution in [0.15, 0.2) is 48.5 Å². The Bertz CT molecular complexity index is 958. The van der Waals surface area contributed by atoms with E-state index in [1.165, 1.54) is 5.56 Å². The number of carbonyl (C=O) groups is 1. The van der Waals surface area contributed by atoms with Gasteiger partial charge in [0, 0.05) is 18.5 Å². The lowest BCUT2D eigenvalue weighted by Crippen LogP contribution is -2.51. The molecule has 9 heteroatoms. The molecule has 1 N–H and O–H groups in total. The second-order valence-corrected chi connectivity index (χ2v) is 9.18. The van der Waals surface area contributed by atoms with Crippen LogP contribution in [-0.2, 0) is 23.7 Å². The maximum Gasteiger partial charge on any atom is 0.416 e. The van der Waals surface area contributed by atoms with E-state index in [9.17, 15) is 31.1 Å². The first-order chi connectivity index (χ1) is 16.0. The summed E-state index contributed by atoms with van der Waals surface area (Å²) in [7, 11) is 0. The summed E-state index contributed by atoms with van der Waals surface area (Å²) in [6, 6.07) is 12.0. The van der Waals surface area contributed by atoms with Crippen molar-refractivity contribution < 1.29 is 31.1 Å². The number of hydrogen-bond acceptors (Lipinski definition) is 2. The molecule has 4 rings (SSSR count). The zero-order chi connectivity index (χ0) is 24.5. The monoisotopic (exact) mass is 484 g/mol. The van der Waals surface area contributed by atoms with Crippen molar-refractivity contribution in [3.05, 3.63) is 70.8 Å². The van der Waals surface area contributed by atoms with Crippen molar-refractivity contribution in [2.45, 2.75) is 56.5 Å². The molecule has 0 unspecified atom stereocenters. The standard InChI is InChI=1S/C25H26F6N2O/c26-24(27,28)20-10-16(11-21(14-20)25(29,30)31)15-32-23(34)19-12-22(13-19)33-8-6-18(7-9-33)17-4-2-1-3-5-17/h1-5,10-11,14,18-19,22H,6-9,12-13,15H2,(H,32,34). The second kappa shape index (κ2) is 9.60. The Morgan fingerprint density at radius 1 is 0.882 bits per heavy atom. The molecule has 3 nitrogen and oxygen atoms in total. The van der Waals surface area contributed by atoms with Crippen LogP contribution in [0.4, 0.5) is 26.3 Å². The number of piperidine rings is 1. The highest BCUT2D eigenvalue weighted by Crippen LogP contribution is 2.38. The first-order valence-corrected chi connectivity index (χ1v) is 11.4. The third-order valence-corrected chi connectivity index (χ3v) is 6.92. The van der Waals surface area contributed by atoms with Gasteiger partial charge in [0.1, 0.15) is 0 Å². The molecule has 0 spiro atoms.